The predicted octanol–water partition coefficient (Wildman–Crippen LogP) is 7.53. The quantitative estimate of drug-likeness (QED) is 0.204. The van der Waals surface area contributed by atoms with Gasteiger partial charge in [0.2, 0.25) is 5.91 Å². The highest BCUT2D eigenvalue weighted by atomic mass is 19.1. The van der Waals surface area contributed by atoms with Crippen molar-refractivity contribution in [3.63, 3.8) is 0 Å². The van der Waals surface area contributed by atoms with Crippen molar-refractivity contribution >= 4 is 11.6 Å². The molecule has 0 bridgehead atoms. The molecule has 43 heavy (non-hydrogen) atoms. The third-order valence-electron chi connectivity index (χ3n) is 7.71. The number of ether oxygens (including phenoxy) is 1. The number of halogens is 1. The average molecular weight is 591 g/mol. The minimum absolute atomic E-state index is 0.0157. The Labute approximate surface area is 258 Å². The molecule has 6 nitrogen and oxygen atoms in total. The standard InChI is InChI=1S/C34H45FN4O2.C2H6/c1-25(11-7-8-21-39(3)24-30-13-5-4-6-16-31(30)35)36-34(40)27-14-9-12-26(2)37-38-32(19-18-27)28-15-10-17-33-29(23-28)20-22-41-33;1-2/h4-6,9,12,15-18,23,25-26,37H,7-8,10-11,13-14,19-22,24H2,1-3H3,(H,36,40);1-2H3/b12-9-,27-18+,38-32+;. The number of unbranched alkanes of at least 4 members (excludes halogenated alkanes) is 1. The lowest BCUT2D eigenvalue weighted by Gasteiger charge is -2.19. The highest BCUT2D eigenvalue weighted by Gasteiger charge is 2.19. The summed E-state index contributed by atoms with van der Waals surface area (Å²) in [6.45, 7) is 10.4. The van der Waals surface area contributed by atoms with Crippen molar-refractivity contribution in [1.82, 2.24) is 15.6 Å². The van der Waals surface area contributed by atoms with E-state index in [1.54, 1.807) is 6.08 Å². The Morgan fingerprint density at radius 1 is 1.16 bits per heavy atom. The molecular weight excluding hydrogens is 539 g/mol. The van der Waals surface area contributed by atoms with E-state index in [4.69, 9.17) is 9.84 Å². The van der Waals surface area contributed by atoms with E-state index >= 15 is 0 Å². The maximum atomic E-state index is 14.2. The molecule has 4 aliphatic rings. The minimum Gasteiger partial charge on any atom is -0.493 e. The molecule has 0 aromatic carbocycles. The summed E-state index contributed by atoms with van der Waals surface area (Å²) in [6, 6.07) is 0.135. The first-order valence-electron chi connectivity index (χ1n) is 16.0. The Bertz CT molecular complexity index is 1230. The average Bonchev–Trinajstić information content (AvgIpc) is 3.21. The predicted molar refractivity (Wildman–Crippen MR) is 177 cm³/mol. The number of hydrazone groups is 1. The van der Waals surface area contributed by atoms with Gasteiger partial charge in [0.05, 0.1) is 18.4 Å². The molecule has 7 heteroatoms. The third kappa shape index (κ3) is 11.3. The summed E-state index contributed by atoms with van der Waals surface area (Å²) in [5.41, 5.74) is 8.06. The first kappa shape index (κ1) is 34.0. The molecule has 1 saturated heterocycles. The first-order chi connectivity index (χ1) is 20.9. The van der Waals surface area contributed by atoms with Gasteiger partial charge in [-0.15, -0.1) is 0 Å². The molecule has 4 rings (SSSR count). The van der Waals surface area contributed by atoms with Gasteiger partial charge < -0.3 is 20.4 Å². The van der Waals surface area contributed by atoms with Gasteiger partial charge in [0.1, 0.15) is 11.6 Å². The van der Waals surface area contributed by atoms with E-state index in [-0.39, 0.29) is 23.8 Å². The summed E-state index contributed by atoms with van der Waals surface area (Å²) in [7, 11) is 2.04. The fourth-order valence-electron chi connectivity index (χ4n) is 5.31. The van der Waals surface area contributed by atoms with Crippen molar-refractivity contribution in [1.29, 1.82) is 0 Å². The summed E-state index contributed by atoms with van der Waals surface area (Å²) in [5.74, 6) is 0.848. The van der Waals surface area contributed by atoms with Gasteiger partial charge in [-0.1, -0.05) is 62.8 Å². The van der Waals surface area contributed by atoms with Gasteiger partial charge in [-0.2, -0.15) is 5.10 Å². The number of amides is 1. The number of carbonyl (C=O) groups is 1. The molecule has 2 aliphatic heterocycles. The second-order valence-corrected chi connectivity index (χ2v) is 11.3. The molecule has 0 aromatic heterocycles. The molecule has 1 fully saturated rings. The fraction of sp³-hybridized carbons (Fsp3) is 0.500. The van der Waals surface area contributed by atoms with Crippen molar-refractivity contribution in [2.45, 2.75) is 91.1 Å². The van der Waals surface area contributed by atoms with Crippen LogP contribution in [0, 0.1) is 0 Å². The van der Waals surface area contributed by atoms with Crippen LogP contribution in [-0.2, 0) is 9.53 Å². The molecule has 0 aromatic rings. The van der Waals surface area contributed by atoms with Gasteiger partial charge in [-0.25, -0.2) is 4.39 Å². The van der Waals surface area contributed by atoms with Gasteiger partial charge in [-0.05, 0) is 94.5 Å². The highest BCUT2D eigenvalue weighted by molar-refractivity contribution is 6.04. The molecule has 2 aliphatic carbocycles. The Morgan fingerprint density at radius 3 is 2.84 bits per heavy atom. The van der Waals surface area contributed by atoms with Crippen molar-refractivity contribution in [3.8, 4) is 0 Å². The Morgan fingerprint density at radius 2 is 2.00 bits per heavy atom. The van der Waals surface area contributed by atoms with Crippen molar-refractivity contribution in [3.05, 3.63) is 94.6 Å². The lowest BCUT2D eigenvalue weighted by molar-refractivity contribution is -0.118. The number of hydrogen-bond donors (Lipinski definition) is 2. The number of nitrogens with one attached hydrogen (secondary N) is 2. The normalized spacial score (nSPS) is 24.1. The van der Waals surface area contributed by atoms with Gasteiger partial charge in [-0.3, -0.25) is 4.79 Å². The van der Waals surface area contributed by atoms with Crippen LogP contribution in [0.4, 0.5) is 4.39 Å². The Balaban J connectivity index is 0.00000248. The highest BCUT2D eigenvalue weighted by Crippen LogP contribution is 2.29. The molecule has 1 amide bonds. The monoisotopic (exact) mass is 590 g/mol. The summed E-state index contributed by atoms with van der Waals surface area (Å²) in [5, 5.41) is 7.95. The molecular formula is C36H51FN4O2. The fourth-order valence-corrected chi connectivity index (χ4v) is 5.31. The third-order valence-corrected chi connectivity index (χ3v) is 7.71. The Hall–Kier alpha value is -3.45. The number of rotatable bonds is 10. The van der Waals surface area contributed by atoms with Gasteiger partial charge in [0.15, 0.2) is 0 Å². The molecule has 0 spiro atoms. The van der Waals surface area contributed by atoms with Gasteiger partial charge in [0, 0.05) is 31.0 Å². The van der Waals surface area contributed by atoms with Crippen LogP contribution < -0.4 is 10.7 Å². The van der Waals surface area contributed by atoms with Crippen LogP contribution in [0.25, 0.3) is 0 Å². The number of allylic oxidation sites excluding steroid dienone is 12. The number of hydrogen-bond acceptors (Lipinski definition) is 5. The minimum atomic E-state index is -0.121. The van der Waals surface area contributed by atoms with E-state index in [1.807, 2.05) is 45.2 Å². The van der Waals surface area contributed by atoms with E-state index in [0.29, 0.717) is 25.8 Å². The molecule has 234 valence electrons. The molecule has 0 saturated carbocycles. The molecule has 2 atom stereocenters. The zero-order valence-electron chi connectivity index (χ0n) is 26.8. The Kier molecular flexibility index (Phi) is 14.5. The van der Waals surface area contributed by atoms with E-state index in [9.17, 15) is 9.18 Å². The lowest BCUT2D eigenvalue weighted by atomic mass is 10.0. The smallest absolute Gasteiger partial charge is 0.247 e. The number of carbonyl (C=O) groups excluding carboxylic acids is 1. The topological polar surface area (TPSA) is 66.0 Å². The van der Waals surface area contributed by atoms with Crippen LogP contribution in [0.1, 0.15) is 79.1 Å². The molecule has 2 heterocycles. The number of likely N-dealkylation sites (N-methyl/N-ethyl adjacent to an activating group) is 1. The molecule has 2 N–H and O–H groups in total. The number of fused-ring (bicyclic) bond motifs is 1. The maximum Gasteiger partial charge on any atom is 0.247 e. The summed E-state index contributed by atoms with van der Waals surface area (Å²) >= 11 is 0. The van der Waals surface area contributed by atoms with Crippen LogP contribution in [0.3, 0.4) is 0 Å². The van der Waals surface area contributed by atoms with E-state index in [0.717, 1.165) is 73.4 Å². The molecule has 2 unspecified atom stereocenters. The zero-order valence-corrected chi connectivity index (χ0v) is 26.8. The summed E-state index contributed by atoms with van der Waals surface area (Å²) in [6.07, 6.45) is 26.2. The molecule has 0 radical (unpaired) electrons. The lowest BCUT2D eigenvalue weighted by Crippen LogP contribution is -2.34. The van der Waals surface area contributed by atoms with E-state index < -0.39 is 0 Å². The van der Waals surface area contributed by atoms with Gasteiger partial charge >= 0.3 is 0 Å². The van der Waals surface area contributed by atoms with Gasteiger partial charge in [0.25, 0.3) is 0 Å². The zero-order chi connectivity index (χ0) is 31.0. The summed E-state index contributed by atoms with van der Waals surface area (Å²) < 4.78 is 19.9. The maximum absolute atomic E-state index is 14.2. The van der Waals surface area contributed by atoms with Crippen molar-refractivity contribution in [2.75, 3.05) is 26.7 Å². The van der Waals surface area contributed by atoms with Crippen LogP contribution in [0.5, 0.6) is 0 Å². The van der Waals surface area contributed by atoms with E-state index in [2.05, 4.69) is 53.8 Å². The first-order valence-corrected chi connectivity index (χ1v) is 16.0. The van der Waals surface area contributed by atoms with Crippen LogP contribution in [0.2, 0.25) is 0 Å². The van der Waals surface area contributed by atoms with Crippen molar-refractivity contribution in [2.24, 2.45) is 5.10 Å². The van der Waals surface area contributed by atoms with Crippen LogP contribution in [0.15, 0.2) is 99.7 Å². The number of nitrogens with zero attached hydrogens (tertiary/aromatic N) is 2. The van der Waals surface area contributed by atoms with E-state index in [1.165, 1.54) is 11.6 Å². The largest absolute Gasteiger partial charge is 0.493 e. The SMILES string of the molecule is CC.CC1/C=C\C/C(C(=O)NC(C)CCCCN(C)CC2=C(F)C=CC=CC2)=C\C/C(C2=CCC=C3OCCC3=C2)=N\N1. The second kappa shape index (κ2) is 18.3. The van der Waals surface area contributed by atoms with Crippen LogP contribution >= 0.6 is 0 Å². The van der Waals surface area contributed by atoms with Crippen molar-refractivity contribution < 1.29 is 13.9 Å². The second-order valence-electron chi connectivity index (χ2n) is 11.3. The summed E-state index contributed by atoms with van der Waals surface area (Å²) in [4.78, 5) is 15.5. The van der Waals surface area contributed by atoms with Crippen LogP contribution in [-0.4, -0.2) is 55.3 Å².